The van der Waals surface area contributed by atoms with Crippen LogP contribution in [0.4, 0.5) is 13.2 Å². The second-order valence-electron chi connectivity index (χ2n) is 3.85. The molecule has 0 aliphatic carbocycles. The predicted molar refractivity (Wildman–Crippen MR) is 53.5 cm³/mol. The molecule has 0 bridgehead atoms. The van der Waals surface area contributed by atoms with Gasteiger partial charge in [0.15, 0.2) is 0 Å². The van der Waals surface area contributed by atoms with E-state index in [0.29, 0.717) is 13.0 Å². The Hall–Kier alpha value is -0.340. The Labute approximate surface area is 92.6 Å². The topological polar surface area (TPSA) is 58.2 Å². The first-order chi connectivity index (χ1) is 7.29. The first-order valence-corrected chi connectivity index (χ1v) is 6.71. The molecule has 0 radical (unpaired) electrons. The van der Waals surface area contributed by atoms with E-state index in [1.54, 1.807) is 0 Å². The van der Waals surface area contributed by atoms with Gasteiger partial charge in [0.1, 0.15) is 0 Å². The first-order valence-electron chi connectivity index (χ1n) is 5.06. The molecular formula is C8H15F3N2O2S. The molecule has 16 heavy (non-hydrogen) atoms. The van der Waals surface area contributed by atoms with Crippen molar-refractivity contribution < 1.29 is 21.6 Å². The summed E-state index contributed by atoms with van der Waals surface area (Å²) in [6.07, 6.45) is -5.06. The average Bonchev–Trinajstić information content (AvgIpc) is 2.52. The SMILES string of the molecule is O=S(=O)(CCCC(F)(F)F)N[C@H]1CCNC1. The summed E-state index contributed by atoms with van der Waals surface area (Å²) >= 11 is 0. The molecule has 1 fully saturated rings. The van der Waals surface area contributed by atoms with Crippen LogP contribution in [0.3, 0.4) is 0 Å². The van der Waals surface area contributed by atoms with Crippen molar-refractivity contribution in [3.8, 4) is 0 Å². The Morgan fingerprint density at radius 2 is 2.06 bits per heavy atom. The molecule has 1 aliphatic heterocycles. The van der Waals surface area contributed by atoms with E-state index in [2.05, 4.69) is 10.0 Å². The van der Waals surface area contributed by atoms with Gasteiger partial charge in [0, 0.05) is 19.0 Å². The molecule has 0 aromatic rings. The molecule has 0 aromatic carbocycles. The van der Waals surface area contributed by atoms with Gasteiger partial charge in [0.25, 0.3) is 0 Å². The molecule has 0 saturated carbocycles. The fourth-order valence-electron chi connectivity index (χ4n) is 1.53. The smallest absolute Gasteiger partial charge is 0.315 e. The molecule has 4 nitrogen and oxygen atoms in total. The van der Waals surface area contributed by atoms with Gasteiger partial charge in [-0.1, -0.05) is 0 Å². The van der Waals surface area contributed by atoms with E-state index in [-0.39, 0.29) is 12.5 Å². The second-order valence-corrected chi connectivity index (χ2v) is 5.72. The lowest BCUT2D eigenvalue weighted by atomic mass is 10.3. The van der Waals surface area contributed by atoms with Crippen molar-refractivity contribution in [2.45, 2.75) is 31.5 Å². The van der Waals surface area contributed by atoms with Crippen LogP contribution in [0.2, 0.25) is 0 Å². The number of hydrogen-bond donors (Lipinski definition) is 2. The quantitative estimate of drug-likeness (QED) is 0.761. The van der Waals surface area contributed by atoms with Gasteiger partial charge in [0.05, 0.1) is 5.75 Å². The highest BCUT2D eigenvalue weighted by Crippen LogP contribution is 2.21. The van der Waals surface area contributed by atoms with E-state index < -0.39 is 28.4 Å². The summed E-state index contributed by atoms with van der Waals surface area (Å²) in [6, 6.07) is -0.184. The van der Waals surface area contributed by atoms with Crippen LogP contribution in [0.1, 0.15) is 19.3 Å². The highest BCUT2D eigenvalue weighted by Gasteiger charge is 2.28. The van der Waals surface area contributed by atoms with Gasteiger partial charge in [-0.2, -0.15) is 13.2 Å². The maximum atomic E-state index is 11.8. The summed E-state index contributed by atoms with van der Waals surface area (Å²) in [4.78, 5) is 0. The summed E-state index contributed by atoms with van der Waals surface area (Å²) in [6.45, 7) is 1.27. The Morgan fingerprint density at radius 1 is 1.38 bits per heavy atom. The van der Waals surface area contributed by atoms with Gasteiger partial charge in [-0.15, -0.1) is 0 Å². The third kappa shape index (κ3) is 5.66. The molecule has 1 rings (SSSR count). The van der Waals surface area contributed by atoms with Crippen LogP contribution in [-0.4, -0.2) is 39.5 Å². The highest BCUT2D eigenvalue weighted by molar-refractivity contribution is 7.89. The molecule has 1 saturated heterocycles. The van der Waals surface area contributed by atoms with Gasteiger partial charge in [-0.05, 0) is 19.4 Å². The van der Waals surface area contributed by atoms with Crippen LogP contribution in [0, 0.1) is 0 Å². The maximum absolute atomic E-state index is 11.8. The van der Waals surface area contributed by atoms with Crippen molar-refractivity contribution >= 4 is 10.0 Å². The van der Waals surface area contributed by atoms with Crippen molar-refractivity contribution in [3.63, 3.8) is 0 Å². The van der Waals surface area contributed by atoms with Crippen molar-refractivity contribution in [3.05, 3.63) is 0 Å². The van der Waals surface area contributed by atoms with Gasteiger partial charge < -0.3 is 5.32 Å². The van der Waals surface area contributed by atoms with Crippen molar-refractivity contribution in [1.82, 2.24) is 10.0 Å². The zero-order valence-corrected chi connectivity index (χ0v) is 9.50. The summed E-state index contributed by atoms with van der Waals surface area (Å²) in [5, 5.41) is 2.97. The van der Waals surface area contributed by atoms with Crippen molar-refractivity contribution in [1.29, 1.82) is 0 Å². The fraction of sp³-hybridized carbons (Fsp3) is 1.00. The molecule has 1 atom stereocenters. The van der Waals surface area contributed by atoms with E-state index in [9.17, 15) is 21.6 Å². The Kier molecular flexibility index (Phi) is 4.57. The van der Waals surface area contributed by atoms with E-state index in [1.165, 1.54) is 0 Å². The molecule has 96 valence electrons. The molecular weight excluding hydrogens is 245 g/mol. The van der Waals surface area contributed by atoms with E-state index in [4.69, 9.17) is 0 Å². The van der Waals surface area contributed by atoms with Crippen LogP contribution in [0.15, 0.2) is 0 Å². The lowest BCUT2D eigenvalue weighted by molar-refractivity contribution is -0.134. The summed E-state index contributed by atoms with van der Waals surface area (Å²) in [5.74, 6) is -0.469. The van der Waals surface area contributed by atoms with Crippen molar-refractivity contribution in [2.24, 2.45) is 0 Å². The number of hydrogen-bond acceptors (Lipinski definition) is 3. The van der Waals surface area contributed by atoms with Crippen LogP contribution >= 0.6 is 0 Å². The molecule has 0 unspecified atom stereocenters. The molecule has 0 spiro atoms. The second kappa shape index (κ2) is 5.33. The van der Waals surface area contributed by atoms with Crippen molar-refractivity contribution in [2.75, 3.05) is 18.8 Å². The minimum atomic E-state index is -4.29. The number of halogens is 3. The third-order valence-electron chi connectivity index (χ3n) is 2.28. The largest absolute Gasteiger partial charge is 0.389 e. The molecule has 0 aromatic heterocycles. The first kappa shape index (κ1) is 13.7. The predicted octanol–water partition coefficient (Wildman–Crippen LogP) is 0.610. The van der Waals surface area contributed by atoms with Gasteiger partial charge >= 0.3 is 6.18 Å². The summed E-state index contributed by atoms with van der Waals surface area (Å²) in [5.41, 5.74) is 0. The Bertz CT molecular complexity index is 310. The standard InChI is InChI=1S/C8H15F3N2O2S/c9-8(10,11)3-1-5-16(14,15)13-7-2-4-12-6-7/h7,12-13H,1-6H2/t7-/m0/s1. The van der Waals surface area contributed by atoms with Gasteiger partial charge in [-0.3, -0.25) is 0 Å². The Balaban J connectivity index is 2.28. The lowest BCUT2D eigenvalue weighted by Gasteiger charge is -2.12. The average molecular weight is 260 g/mol. The van der Waals surface area contributed by atoms with E-state index in [1.807, 2.05) is 0 Å². The molecule has 1 aliphatic rings. The van der Waals surface area contributed by atoms with Crippen LogP contribution < -0.4 is 10.0 Å². The van der Waals surface area contributed by atoms with E-state index >= 15 is 0 Å². The number of nitrogens with one attached hydrogen (secondary N) is 2. The minimum Gasteiger partial charge on any atom is -0.315 e. The normalized spacial score (nSPS) is 22.6. The van der Waals surface area contributed by atoms with Crippen LogP contribution in [-0.2, 0) is 10.0 Å². The molecule has 0 amide bonds. The summed E-state index contributed by atoms with van der Waals surface area (Å²) < 4.78 is 60.5. The third-order valence-corrected chi connectivity index (χ3v) is 3.80. The van der Waals surface area contributed by atoms with E-state index in [0.717, 1.165) is 6.54 Å². The minimum absolute atomic E-state index is 0.184. The van der Waals surface area contributed by atoms with Crippen LogP contribution in [0.25, 0.3) is 0 Å². The fourth-order valence-corrected chi connectivity index (χ4v) is 2.88. The number of sulfonamides is 1. The molecule has 1 heterocycles. The summed E-state index contributed by atoms with van der Waals surface area (Å²) in [7, 11) is -3.58. The zero-order chi connectivity index (χ0) is 12.2. The zero-order valence-electron chi connectivity index (χ0n) is 8.68. The molecule has 2 N–H and O–H groups in total. The maximum Gasteiger partial charge on any atom is 0.389 e. The highest BCUT2D eigenvalue weighted by atomic mass is 32.2. The number of alkyl halides is 3. The van der Waals surface area contributed by atoms with Gasteiger partial charge in [0.2, 0.25) is 10.0 Å². The van der Waals surface area contributed by atoms with Crippen LogP contribution in [0.5, 0.6) is 0 Å². The molecule has 8 heteroatoms. The van der Waals surface area contributed by atoms with Gasteiger partial charge in [-0.25, -0.2) is 13.1 Å². The number of rotatable bonds is 5. The lowest BCUT2D eigenvalue weighted by Crippen LogP contribution is -2.37. The monoisotopic (exact) mass is 260 g/mol. The Morgan fingerprint density at radius 3 is 2.56 bits per heavy atom.